The molecule has 0 saturated carbocycles. The Hall–Kier alpha value is -2.54. The predicted molar refractivity (Wildman–Crippen MR) is 118 cm³/mol. The Morgan fingerprint density at radius 3 is 2.50 bits per heavy atom. The molecule has 0 spiro atoms. The average molecular weight is 417 g/mol. The van der Waals surface area contributed by atoms with Crippen LogP contribution in [-0.4, -0.2) is 42.1 Å². The molecule has 1 aromatic carbocycles. The number of benzene rings is 1. The second-order valence-corrected chi connectivity index (χ2v) is 7.73. The molecule has 0 unspecified atom stereocenters. The number of halogens is 1. The fourth-order valence-electron chi connectivity index (χ4n) is 3.82. The fraction of sp³-hybridized carbons (Fsp3) is 0.522. The van der Waals surface area contributed by atoms with Crippen molar-refractivity contribution in [2.75, 3.05) is 25.0 Å². The zero-order chi connectivity index (χ0) is 22.1. The van der Waals surface area contributed by atoms with Crippen LogP contribution in [0.15, 0.2) is 29.3 Å². The van der Waals surface area contributed by atoms with Crippen molar-refractivity contribution in [3.05, 3.63) is 40.7 Å². The largest absolute Gasteiger partial charge is 0.366 e. The van der Waals surface area contributed by atoms with Gasteiger partial charge in [0.2, 0.25) is 11.8 Å². The fourth-order valence-corrected chi connectivity index (χ4v) is 3.82. The number of nitrogens with zero attached hydrogens (tertiary/aromatic N) is 1. The van der Waals surface area contributed by atoms with E-state index in [4.69, 9.17) is 11.1 Å². The number of primary amides is 1. The molecule has 0 aliphatic heterocycles. The molecule has 2 amide bonds. The lowest BCUT2D eigenvalue weighted by Crippen LogP contribution is -2.28. The summed E-state index contributed by atoms with van der Waals surface area (Å²) in [5, 5.41) is 11.1. The minimum atomic E-state index is -0.505. The maximum absolute atomic E-state index is 14.2. The molecule has 0 aromatic heterocycles. The third-order valence-electron chi connectivity index (χ3n) is 5.46. The second kappa shape index (κ2) is 11.6. The molecule has 1 aliphatic carbocycles. The Balaban J connectivity index is 2.05. The Bertz CT molecular complexity index is 819. The van der Waals surface area contributed by atoms with Gasteiger partial charge in [-0.25, -0.2) is 4.39 Å². The number of nitrogens with one attached hydrogen (secondary N) is 2. The van der Waals surface area contributed by atoms with Crippen LogP contribution < -0.4 is 11.1 Å². The van der Waals surface area contributed by atoms with Crippen molar-refractivity contribution in [3.63, 3.8) is 0 Å². The Morgan fingerprint density at radius 2 is 1.87 bits per heavy atom. The van der Waals surface area contributed by atoms with Crippen molar-refractivity contribution < 1.29 is 14.0 Å². The van der Waals surface area contributed by atoms with Gasteiger partial charge in [0.15, 0.2) is 0 Å². The number of carbonyl (C=O) groups excluding carboxylic acids is 2. The summed E-state index contributed by atoms with van der Waals surface area (Å²) < 4.78 is 14.2. The summed E-state index contributed by atoms with van der Waals surface area (Å²) in [6.45, 7) is 6.58. The number of nitrogens with two attached hydrogens (primary N) is 1. The normalized spacial score (nSPS) is 14.1. The monoisotopic (exact) mass is 416 g/mol. The number of allylic oxidation sites excluding steroid dienone is 1. The molecule has 1 aromatic rings. The minimum absolute atomic E-state index is 0.122. The summed E-state index contributed by atoms with van der Waals surface area (Å²) in [5.74, 6) is -1.21. The van der Waals surface area contributed by atoms with E-state index in [0.29, 0.717) is 48.2 Å². The number of carbonyl (C=O) groups is 2. The van der Waals surface area contributed by atoms with Crippen molar-refractivity contribution in [3.8, 4) is 0 Å². The van der Waals surface area contributed by atoms with E-state index in [1.54, 1.807) is 12.1 Å². The Labute approximate surface area is 178 Å². The number of hydrogen-bond acceptors (Lipinski definition) is 4. The summed E-state index contributed by atoms with van der Waals surface area (Å²) in [6, 6.07) is 4.48. The van der Waals surface area contributed by atoms with Crippen molar-refractivity contribution >= 4 is 23.2 Å². The smallest absolute Gasteiger partial charge is 0.244 e. The van der Waals surface area contributed by atoms with E-state index in [-0.39, 0.29) is 18.0 Å². The summed E-state index contributed by atoms with van der Waals surface area (Å²) in [7, 11) is 0. The molecule has 2 rings (SSSR count). The third-order valence-corrected chi connectivity index (χ3v) is 5.46. The first-order chi connectivity index (χ1) is 14.3. The molecule has 0 radical (unpaired) electrons. The Morgan fingerprint density at radius 1 is 1.17 bits per heavy atom. The highest BCUT2D eigenvalue weighted by Gasteiger charge is 2.20. The van der Waals surface area contributed by atoms with Crippen molar-refractivity contribution in [2.24, 2.45) is 5.73 Å². The summed E-state index contributed by atoms with van der Waals surface area (Å²) in [4.78, 5) is 26.1. The van der Waals surface area contributed by atoms with Crippen LogP contribution >= 0.6 is 0 Å². The zero-order valence-electron chi connectivity index (χ0n) is 18.0. The molecule has 0 fully saturated rings. The first-order valence-electron chi connectivity index (χ1n) is 10.8. The van der Waals surface area contributed by atoms with E-state index >= 15 is 0 Å². The number of rotatable bonds is 11. The Kier molecular flexibility index (Phi) is 9.17. The molecule has 0 atom stereocenters. The molecule has 0 heterocycles. The van der Waals surface area contributed by atoms with Crippen molar-refractivity contribution in [2.45, 2.75) is 58.8 Å². The number of amides is 2. The molecule has 6 nitrogen and oxygen atoms in total. The van der Waals surface area contributed by atoms with Gasteiger partial charge in [-0.05, 0) is 68.5 Å². The van der Waals surface area contributed by atoms with Gasteiger partial charge in [-0.3, -0.25) is 9.59 Å². The highest BCUT2D eigenvalue weighted by molar-refractivity contribution is 6.07. The van der Waals surface area contributed by atoms with Crippen LogP contribution in [0.5, 0.6) is 0 Å². The number of hydrogen-bond donors (Lipinski definition) is 3. The van der Waals surface area contributed by atoms with E-state index < -0.39 is 11.7 Å². The van der Waals surface area contributed by atoms with Gasteiger partial charge in [0.25, 0.3) is 0 Å². The van der Waals surface area contributed by atoms with Gasteiger partial charge in [-0.1, -0.05) is 19.9 Å². The molecule has 7 heteroatoms. The van der Waals surface area contributed by atoms with Gasteiger partial charge in [-0.2, -0.15) is 0 Å². The summed E-state index contributed by atoms with van der Waals surface area (Å²) in [5.41, 5.74) is 7.87. The maximum atomic E-state index is 14.2. The van der Waals surface area contributed by atoms with Crippen LogP contribution in [0, 0.1) is 11.2 Å². The van der Waals surface area contributed by atoms with E-state index in [0.717, 1.165) is 32.4 Å². The highest BCUT2D eigenvalue weighted by Crippen LogP contribution is 2.27. The van der Waals surface area contributed by atoms with Gasteiger partial charge in [0, 0.05) is 30.7 Å². The molecule has 1 aliphatic rings. The average Bonchev–Trinajstić information content (AvgIpc) is 2.73. The molecular formula is C23H33FN4O2. The van der Waals surface area contributed by atoms with Crippen LogP contribution in [0.25, 0.3) is 0 Å². The SMILES string of the molecule is CCCN(CC)CCC(=O)Nc1cc(CC(=N)C2=C(C(N)=O)CCCC2)ccc1F. The molecule has 164 valence electrons. The quantitative estimate of drug-likeness (QED) is 0.478. The lowest BCUT2D eigenvalue weighted by atomic mass is 9.86. The molecule has 4 N–H and O–H groups in total. The third kappa shape index (κ3) is 6.76. The van der Waals surface area contributed by atoms with E-state index in [9.17, 15) is 14.0 Å². The summed E-state index contributed by atoms with van der Waals surface area (Å²) >= 11 is 0. The van der Waals surface area contributed by atoms with Crippen LogP contribution in [0.3, 0.4) is 0 Å². The van der Waals surface area contributed by atoms with Crippen molar-refractivity contribution in [1.82, 2.24) is 4.90 Å². The highest BCUT2D eigenvalue weighted by atomic mass is 19.1. The van der Waals surface area contributed by atoms with E-state index in [2.05, 4.69) is 24.1 Å². The lowest BCUT2D eigenvalue weighted by Gasteiger charge is -2.20. The van der Waals surface area contributed by atoms with Crippen molar-refractivity contribution in [1.29, 1.82) is 5.41 Å². The predicted octanol–water partition coefficient (Wildman–Crippen LogP) is 3.80. The standard InChI is InChI=1S/C23H33FN4O2/c1-3-12-28(4-2)13-11-22(29)27-21-15-16(9-10-19(21)24)14-20(25)17-7-5-6-8-18(17)23(26)30/h9-10,15,25H,3-8,11-14H2,1-2H3,(H2,26,30)(H,27,29). The van der Waals surface area contributed by atoms with Crippen LogP contribution in [-0.2, 0) is 16.0 Å². The maximum Gasteiger partial charge on any atom is 0.244 e. The van der Waals surface area contributed by atoms with Gasteiger partial charge < -0.3 is 21.4 Å². The molecule has 0 bridgehead atoms. The van der Waals surface area contributed by atoms with Crippen LogP contribution in [0.4, 0.5) is 10.1 Å². The van der Waals surface area contributed by atoms with Crippen LogP contribution in [0.2, 0.25) is 0 Å². The van der Waals surface area contributed by atoms with Gasteiger partial charge in [0.1, 0.15) is 5.82 Å². The van der Waals surface area contributed by atoms with Gasteiger partial charge in [-0.15, -0.1) is 0 Å². The topological polar surface area (TPSA) is 99.3 Å². The second-order valence-electron chi connectivity index (χ2n) is 7.73. The zero-order valence-corrected chi connectivity index (χ0v) is 18.0. The van der Waals surface area contributed by atoms with Gasteiger partial charge in [0.05, 0.1) is 5.69 Å². The molecule has 30 heavy (non-hydrogen) atoms. The van der Waals surface area contributed by atoms with Gasteiger partial charge >= 0.3 is 0 Å². The first kappa shape index (κ1) is 23.7. The minimum Gasteiger partial charge on any atom is -0.366 e. The lowest BCUT2D eigenvalue weighted by molar-refractivity contribution is -0.116. The molecule has 0 saturated heterocycles. The van der Waals surface area contributed by atoms with Crippen LogP contribution in [0.1, 0.15) is 57.9 Å². The van der Waals surface area contributed by atoms with E-state index in [1.165, 1.54) is 6.07 Å². The summed E-state index contributed by atoms with van der Waals surface area (Å²) in [6.07, 6.45) is 4.66. The first-order valence-corrected chi connectivity index (χ1v) is 10.8. The van der Waals surface area contributed by atoms with E-state index in [1.807, 2.05) is 0 Å². The number of anilines is 1. The molecular weight excluding hydrogens is 383 g/mol.